The van der Waals surface area contributed by atoms with Crippen LogP contribution in [0.15, 0.2) is 30.3 Å². The van der Waals surface area contributed by atoms with Gasteiger partial charge in [0.25, 0.3) is 0 Å². The van der Waals surface area contributed by atoms with E-state index in [0.29, 0.717) is 25.5 Å². The molecule has 0 bridgehead atoms. The van der Waals surface area contributed by atoms with Gasteiger partial charge in [-0.25, -0.2) is 8.42 Å². The number of ether oxygens (including phenoxy) is 1. The van der Waals surface area contributed by atoms with Gasteiger partial charge in [0.1, 0.15) is 0 Å². The molecule has 1 atom stereocenters. The van der Waals surface area contributed by atoms with Crippen LogP contribution in [0.2, 0.25) is 0 Å². The highest BCUT2D eigenvalue weighted by Gasteiger charge is 2.26. The van der Waals surface area contributed by atoms with Crippen LogP contribution in [-0.4, -0.2) is 39.1 Å². The van der Waals surface area contributed by atoms with Gasteiger partial charge in [0, 0.05) is 12.6 Å². The molecule has 2 rings (SSSR count). The fourth-order valence-electron chi connectivity index (χ4n) is 2.06. The molecule has 1 unspecified atom stereocenters. The molecule has 1 N–H and O–H groups in total. The average molecular weight is 269 g/mol. The largest absolute Gasteiger partial charge is 0.375 e. The van der Waals surface area contributed by atoms with E-state index in [4.69, 9.17) is 4.74 Å². The third-order valence-corrected chi connectivity index (χ3v) is 4.79. The van der Waals surface area contributed by atoms with Gasteiger partial charge in [0.2, 0.25) is 0 Å². The standard InChI is InChI=1S/C13H19NO3S/c15-18(16)9-6-13(11-18)14-7-8-17-10-12-4-2-1-3-5-12/h1-5,13-14H,6-11H2. The fraction of sp³-hybridized carbons (Fsp3) is 0.538. The number of nitrogens with one attached hydrogen (secondary N) is 1. The lowest BCUT2D eigenvalue weighted by Gasteiger charge is -2.10. The predicted octanol–water partition coefficient (Wildman–Crippen LogP) is 0.980. The van der Waals surface area contributed by atoms with Crippen LogP contribution in [0.25, 0.3) is 0 Å². The van der Waals surface area contributed by atoms with Gasteiger partial charge in [0.15, 0.2) is 9.84 Å². The van der Waals surface area contributed by atoms with E-state index in [2.05, 4.69) is 5.32 Å². The lowest BCUT2D eigenvalue weighted by molar-refractivity contribution is 0.121. The molecule has 1 fully saturated rings. The first kappa shape index (κ1) is 13.5. The van der Waals surface area contributed by atoms with E-state index in [1.807, 2.05) is 30.3 Å². The Bertz CT molecular complexity index is 458. The minimum Gasteiger partial charge on any atom is -0.375 e. The maximum atomic E-state index is 11.2. The molecular formula is C13H19NO3S. The number of rotatable bonds is 6. The van der Waals surface area contributed by atoms with Gasteiger partial charge in [-0.1, -0.05) is 30.3 Å². The molecular weight excluding hydrogens is 250 g/mol. The lowest BCUT2D eigenvalue weighted by Crippen LogP contribution is -2.32. The number of sulfone groups is 1. The van der Waals surface area contributed by atoms with Crippen LogP contribution in [0.5, 0.6) is 0 Å². The van der Waals surface area contributed by atoms with Crippen LogP contribution in [0.4, 0.5) is 0 Å². The van der Waals surface area contributed by atoms with E-state index >= 15 is 0 Å². The molecule has 0 aromatic heterocycles. The quantitative estimate of drug-likeness (QED) is 0.782. The number of benzene rings is 1. The lowest BCUT2D eigenvalue weighted by atomic mass is 10.2. The topological polar surface area (TPSA) is 55.4 Å². The summed E-state index contributed by atoms with van der Waals surface area (Å²) in [7, 11) is -2.78. The Hall–Kier alpha value is -0.910. The molecule has 18 heavy (non-hydrogen) atoms. The van der Waals surface area contributed by atoms with E-state index < -0.39 is 9.84 Å². The van der Waals surface area contributed by atoms with Crippen molar-refractivity contribution in [3.05, 3.63) is 35.9 Å². The highest BCUT2D eigenvalue weighted by atomic mass is 32.2. The second-order valence-electron chi connectivity index (χ2n) is 4.59. The molecule has 1 saturated heterocycles. The average Bonchev–Trinajstić information content (AvgIpc) is 2.70. The van der Waals surface area contributed by atoms with Crippen molar-refractivity contribution < 1.29 is 13.2 Å². The normalized spacial score (nSPS) is 22.1. The van der Waals surface area contributed by atoms with Crippen molar-refractivity contribution in [3.8, 4) is 0 Å². The van der Waals surface area contributed by atoms with E-state index in [1.54, 1.807) is 0 Å². The second-order valence-corrected chi connectivity index (χ2v) is 6.82. The Balaban J connectivity index is 1.57. The summed E-state index contributed by atoms with van der Waals surface area (Å²) in [6, 6.07) is 10.1. The van der Waals surface area contributed by atoms with Crippen LogP contribution in [-0.2, 0) is 21.2 Å². The van der Waals surface area contributed by atoms with Gasteiger partial charge in [-0.05, 0) is 12.0 Å². The summed E-state index contributed by atoms with van der Waals surface area (Å²) in [5, 5.41) is 3.22. The summed E-state index contributed by atoms with van der Waals surface area (Å²) < 4.78 is 28.0. The molecule has 1 aromatic rings. The maximum Gasteiger partial charge on any atom is 0.151 e. The van der Waals surface area contributed by atoms with E-state index in [1.165, 1.54) is 0 Å². The van der Waals surface area contributed by atoms with Gasteiger partial charge in [-0.3, -0.25) is 0 Å². The van der Waals surface area contributed by atoms with Crippen LogP contribution >= 0.6 is 0 Å². The van der Waals surface area contributed by atoms with Gasteiger partial charge < -0.3 is 10.1 Å². The van der Waals surface area contributed by atoms with Crippen LogP contribution in [0.1, 0.15) is 12.0 Å². The molecule has 1 heterocycles. The van der Waals surface area contributed by atoms with Gasteiger partial charge in [0.05, 0.1) is 24.7 Å². The molecule has 1 aliphatic heterocycles. The van der Waals surface area contributed by atoms with Crippen molar-refractivity contribution in [1.29, 1.82) is 0 Å². The minimum absolute atomic E-state index is 0.107. The van der Waals surface area contributed by atoms with E-state index in [9.17, 15) is 8.42 Å². The Labute approximate surface area is 108 Å². The molecule has 5 heteroatoms. The molecule has 1 aromatic carbocycles. The van der Waals surface area contributed by atoms with Crippen LogP contribution in [0.3, 0.4) is 0 Å². The molecule has 0 spiro atoms. The highest BCUT2D eigenvalue weighted by molar-refractivity contribution is 7.91. The zero-order chi connectivity index (χ0) is 12.8. The molecule has 0 aliphatic carbocycles. The third kappa shape index (κ3) is 4.40. The first-order valence-electron chi connectivity index (χ1n) is 6.21. The second kappa shape index (κ2) is 6.31. The summed E-state index contributed by atoms with van der Waals surface area (Å²) in [6.45, 7) is 1.91. The Morgan fingerprint density at radius 3 is 2.72 bits per heavy atom. The molecule has 100 valence electrons. The van der Waals surface area contributed by atoms with Gasteiger partial charge in [-0.2, -0.15) is 0 Å². The molecule has 1 aliphatic rings. The highest BCUT2D eigenvalue weighted by Crippen LogP contribution is 2.10. The summed E-state index contributed by atoms with van der Waals surface area (Å²) >= 11 is 0. The molecule has 0 radical (unpaired) electrons. The van der Waals surface area contributed by atoms with Crippen molar-refractivity contribution in [2.75, 3.05) is 24.7 Å². The van der Waals surface area contributed by atoms with E-state index in [0.717, 1.165) is 12.0 Å². The summed E-state index contributed by atoms with van der Waals surface area (Å²) in [5.74, 6) is 0.585. The minimum atomic E-state index is -2.78. The smallest absolute Gasteiger partial charge is 0.151 e. The van der Waals surface area contributed by atoms with Crippen LogP contribution in [0, 0.1) is 0 Å². The first-order chi connectivity index (χ1) is 8.66. The summed E-state index contributed by atoms with van der Waals surface area (Å²) in [4.78, 5) is 0. The molecule has 0 amide bonds. The Kier molecular flexibility index (Phi) is 4.74. The fourth-order valence-corrected chi connectivity index (χ4v) is 3.76. The van der Waals surface area contributed by atoms with Crippen molar-refractivity contribution in [1.82, 2.24) is 5.32 Å². The van der Waals surface area contributed by atoms with Gasteiger partial charge in [-0.15, -0.1) is 0 Å². The zero-order valence-electron chi connectivity index (χ0n) is 10.3. The molecule has 0 saturated carbocycles. The maximum absolute atomic E-state index is 11.2. The number of hydrogen-bond donors (Lipinski definition) is 1. The SMILES string of the molecule is O=S1(=O)CCC(NCCOCc2ccccc2)C1. The third-order valence-electron chi connectivity index (χ3n) is 3.02. The summed E-state index contributed by atoms with van der Waals surface area (Å²) in [5.41, 5.74) is 1.15. The predicted molar refractivity (Wildman–Crippen MR) is 71.2 cm³/mol. The Morgan fingerprint density at radius 2 is 2.06 bits per heavy atom. The first-order valence-corrected chi connectivity index (χ1v) is 8.03. The van der Waals surface area contributed by atoms with Crippen molar-refractivity contribution in [2.24, 2.45) is 0 Å². The zero-order valence-corrected chi connectivity index (χ0v) is 11.2. The molecule has 4 nitrogen and oxygen atoms in total. The van der Waals surface area contributed by atoms with Crippen molar-refractivity contribution in [2.45, 2.75) is 19.1 Å². The van der Waals surface area contributed by atoms with Crippen molar-refractivity contribution in [3.63, 3.8) is 0 Å². The van der Waals surface area contributed by atoms with Crippen molar-refractivity contribution >= 4 is 9.84 Å². The van der Waals surface area contributed by atoms with E-state index in [-0.39, 0.29) is 11.8 Å². The number of hydrogen-bond acceptors (Lipinski definition) is 4. The van der Waals surface area contributed by atoms with Gasteiger partial charge >= 0.3 is 0 Å². The van der Waals surface area contributed by atoms with Crippen LogP contribution < -0.4 is 5.32 Å². The summed E-state index contributed by atoms with van der Waals surface area (Å²) in [6.07, 6.45) is 0.723. The monoisotopic (exact) mass is 269 g/mol. The Morgan fingerprint density at radius 1 is 1.28 bits per heavy atom.